The number of likely N-dealkylation sites (tertiary alicyclic amines) is 1. The van der Waals surface area contributed by atoms with Gasteiger partial charge in [0.05, 0.1) is 12.7 Å². The van der Waals surface area contributed by atoms with E-state index in [9.17, 15) is 0 Å². The van der Waals surface area contributed by atoms with Crippen molar-refractivity contribution in [3.8, 4) is 0 Å². The van der Waals surface area contributed by atoms with Crippen LogP contribution in [0.4, 0.5) is 0 Å². The molecule has 1 atom stereocenters. The van der Waals surface area contributed by atoms with Gasteiger partial charge >= 0.3 is 0 Å². The second-order valence-corrected chi connectivity index (χ2v) is 4.37. The number of oxazole rings is 1. The molecule has 1 N–H and O–H groups in total. The summed E-state index contributed by atoms with van der Waals surface area (Å²) < 4.78 is 5.16. The average molecular weight is 209 g/mol. The molecule has 0 aromatic carbocycles. The van der Waals surface area contributed by atoms with Crippen molar-refractivity contribution in [1.29, 1.82) is 0 Å². The molecule has 0 aliphatic carbocycles. The Morgan fingerprint density at radius 1 is 1.67 bits per heavy atom. The predicted octanol–water partition coefficient (Wildman–Crippen LogP) is 1.11. The summed E-state index contributed by atoms with van der Waals surface area (Å²) in [6.07, 6.45) is 5.91. The van der Waals surface area contributed by atoms with Gasteiger partial charge in [0.2, 0.25) is 0 Å². The third-order valence-corrected chi connectivity index (χ3v) is 2.94. The third kappa shape index (κ3) is 3.32. The fourth-order valence-electron chi connectivity index (χ4n) is 2.17. The molecule has 1 aromatic rings. The van der Waals surface area contributed by atoms with Crippen LogP contribution in [0.25, 0.3) is 0 Å². The number of hydrogen-bond acceptors (Lipinski definition) is 4. The zero-order chi connectivity index (χ0) is 10.5. The molecule has 1 saturated heterocycles. The maximum atomic E-state index is 5.16. The van der Waals surface area contributed by atoms with Gasteiger partial charge in [-0.1, -0.05) is 0 Å². The van der Waals surface area contributed by atoms with Gasteiger partial charge in [0.15, 0.2) is 6.39 Å². The number of nitrogens with one attached hydrogen (secondary N) is 1. The summed E-state index contributed by atoms with van der Waals surface area (Å²) in [4.78, 5) is 6.29. The Kier molecular flexibility index (Phi) is 3.75. The molecule has 4 nitrogen and oxygen atoms in total. The summed E-state index contributed by atoms with van der Waals surface area (Å²) in [6, 6.07) is 0. The second-order valence-electron chi connectivity index (χ2n) is 4.37. The molecule has 0 amide bonds. The topological polar surface area (TPSA) is 41.3 Å². The molecule has 1 aliphatic heterocycles. The molecule has 2 heterocycles. The Morgan fingerprint density at radius 2 is 2.60 bits per heavy atom. The highest BCUT2D eigenvalue weighted by Gasteiger charge is 2.16. The fraction of sp³-hybridized carbons (Fsp3) is 0.727. The summed E-state index contributed by atoms with van der Waals surface area (Å²) in [6.45, 7) is 4.33. The van der Waals surface area contributed by atoms with E-state index in [-0.39, 0.29) is 0 Å². The van der Waals surface area contributed by atoms with E-state index >= 15 is 0 Å². The molecule has 1 aromatic heterocycles. The van der Waals surface area contributed by atoms with Crippen molar-refractivity contribution in [1.82, 2.24) is 15.2 Å². The second kappa shape index (κ2) is 5.28. The highest BCUT2D eigenvalue weighted by molar-refractivity contribution is 4.87. The Morgan fingerprint density at radius 3 is 3.33 bits per heavy atom. The van der Waals surface area contributed by atoms with Gasteiger partial charge in [0.1, 0.15) is 5.76 Å². The van der Waals surface area contributed by atoms with Gasteiger partial charge in [-0.15, -0.1) is 0 Å². The Balaban J connectivity index is 1.65. The molecule has 84 valence electrons. The van der Waals surface area contributed by atoms with Crippen LogP contribution in [0, 0.1) is 5.92 Å². The molecule has 4 heteroatoms. The number of nitrogens with zero attached hydrogens (tertiary/aromatic N) is 2. The molecule has 15 heavy (non-hydrogen) atoms. The lowest BCUT2D eigenvalue weighted by Gasteiger charge is -2.29. The fourth-order valence-corrected chi connectivity index (χ4v) is 2.17. The number of aromatic nitrogens is 1. The van der Waals surface area contributed by atoms with Crippen molar-refractivity contribution in [3.63, 3.8) is 0 Å². The van der Waals surface area contributed by atoms with Crippen LogP contribution < -0.4 is 5.32 Å². The molecule has 0 spiro atoms. The molecule has 0 bridgehead atoms. The van der Waals surface area contributed by atoms with E-state index < -0.39 is 0 Å². The standard InChI is InChI=1S/C11H19N3O/c1-14-4-2-3-10(8-14)5-12-6-11-7-13-9-15-11/h7,9-10,12H,2-6,8H2,1H3. The maximum absolute atomic E-state index is 5.16. The molecular weight excluding hydrogens is 190 g/mol. The van der Waals surface area contributed by atoms with E-state index in [0.29, 0.717) is 0 Å². The lowest BCUT2D eigenvalue weighted by Crippen LogP contribution is -2.37. The van der Waals surface area contributed by atoms with Crippen molar-refractivity contribution in [2.45, 2.75) is 19.4 Å². The molecule has 0 saturated carbocycles. The lowest BCUT2D eigenvalue weighted by atomic mass is 9.98. The Labute approximate surface area is 90.7 Å². The van der Waals surface area contributed by atoms with Crippen LogP contribution in [0.3, 0.4) is 0 Å². The summed E-state index contributed by atoms with van der Waals surface area (Å²) in [5.41, 5.74) is 0. The van der Waals surface area contributed by atoms with Crippen LogP contribution in [-0.4, -0.2) is 36.6 Å². The Hall–Kier alpha value is -0.870. The van der Waals surface area contributed by atoms with Crippen molar-refractivity contribution < 1.29 is 4.42 Å². The first kappa shape index (κ1) is 10.6. The zero-order valence-electron chi connectivity index (χ0n) is 9.28. The quantitative estimate of drug-likeness (QED) is 0.806. The lowest BCUT2D eigenvalue weighted by molar-refractivity contribution is 0.205. The van der Waals surface area contributed by atoms with Crippen LogP contribution in [0.2, 0.25) is 0 Å². The Bertz CT molecular complexity index is 273. The molecule has 1 unspecified atom stereocenters. The van der Waals surface area contributed by atoms with E-state index in [0.717, 1.165) is 24.8 Å². The number of rotatable bonds is 4. The third-order valence-electron chi connectivity index (χ3n) is 2.94. The van der Waals surface area contributed by atoms with Crippen molar-refractivity contribution in [2.24, 2.45) is 5.92 Å². The van der Waals surface area contributed by atoms with Crippen LogP contribution in [0.15, 0.2) is 17.0 Å². The molecule has 0 radical (unpaired) electrons. The number of piperidine rings is 1. The molecule has 1 fully saturated rings. The van der Waals surface area contributed by atoms with Gasteiger partial charge in [0.25, 0.3) is 0 Å². The van der Waals surface area contributed by atoms with Crippen molar-refractivity contribution in [2.75, 3.05) is 26.7 Å². The summed E-state index contributed by atoms with van der Waals surface area (Å²) in [5.74, 6) is 1.70. The van der Waals surface area contributed by atoms with E-state index in [1.807, 2.05) is 0 Å². The first-order valence-electron chi connectivity index (χ1n) is 5.61. The minimum atomic E-state index is 0.784. The van der Waals surface area contributed by atoms with Crippen LogP contribution >= 0.6 is 0 Å². The van der Waals surface area contributed by atoms with Gasteiger partial charge in [-0.2, -0.15) is 0 Å². The average Bonchev–Trinajstić information content (AvgIpc) is 2.71. The van der Waals surface area contributed by atoms with Gasteiger partial charge in [-0.25, -0.2) is 4.98 Å². The summed E-state index contributed by atoms with van der Waals surface area (Å²) in [5, 5.41) is 3.42. The predicted molar refractivity (Wildman–Crippen MR) is 58.4 cm³/mol. The smallest absolute Gasteiger partial charge is 0.180 e. The van der Waals surface area contributed by atoms with Crippen molar-refractivity contribution in [3.05, 3.63) is 18.4 Å². The van der Waals surface area contributed by atoms with Gasteiger partial charge in [-0.3, -0.25) is 0 Å². The van der Waals surface area contributed by atoms with Crippen LogP contribution in [0.1, 0.15) is 18.6 Å². The van der Waals surface area contributed by atoms with Crippen LogP contribution in [-0.2, 0) is 6.54 Å². The highest BCUT2D eigenvalue weighted by Crippen LogP contribution is 2.13. The molecular formula is C11H19N3O. The van der Waals surface area contributed by atoms with E-state index in [2.05, 4.69) is 22.2 Å². The van der Waals surface area contributed by atoms with Crippen molar-refractivity contribution >= 4 is 0 Å². The SMILES string of the molecule is CN1CCCC(CNCc2cnco2)C1. The molecule has 2 rings (SSSR count). The monoisotopic (exact) mass is 209 g/mol. The van der Waals surface area contributed by atoms with E-state index in [1.165, 1.54) is 32.3 Å². The largest absolute Gasteiger partial charge is 0.447 e. The van der Waals surface area contributed by atoms with Crippen LogP contribution in [0.5, 0.6) is 0 Å². The van der Waals surface area contributed by atoms with E-state index in [4.69, 9.17) is 4.42 Å². The zero-order valence-corrected chi connectivity index (χ0v) is 9.28. The first-order chi connectivity index (χ1) is 7.34. The minimum Gasteiger partial charge on any atom is -0.447 e. The number of hydrogen-bond donors (Lipinski definition) is 1. The summed E-state index contributed by atoms with van der Waals surface area (Å²) >= 11 is 0. The maximum Gasteiger partial charge on any atom is 0.180 e. The van der Waals surface area contributed by atoms with Gasteiger partial charge in [0, 0.05) is 6.54 Å². The van der Waals surface area contributed by atoms with Gasteiger partial charge < -0.3 is 14.6 Å². The highest BCUT2D eigenvalue weighted by atomic mass is 16.3. The normalized spacial score (nSPS) is 23.1. The first-order valence-corrected chi connectivity index (χ1v) is 5.61. The van der Waals surface area contributed by atoms with E-state index in [1.54, 1.807) is 6.20 Å². The molecule has 1 aliphatic rings. The van der Waals surface area contributed by atoms with Gasteiger partial charge in [-0.05, 0) is 38.9 Å². The minimum absolute atomic E-state index is 0.784. The summed E-state index contributed by atoms with van der Waals surface area (Å²) in [7, 11) is 2.20.